The second kappa shape index (κ2) is 6.11. The first-order chi connectivity index (χ1) is 9.41. The molecule has 1 fully saturated rings. The summed E-state index contributed by atoms with van der Waals surface area (Å²) in [6, 6.07) is 5.90. The Morgan fingerprint density at radius 2 is 1.80 bits per heavy atom. The van der Waals surface area contributed by atoms with Crippen LogP contribution in [0.5, 0.6) is 0 Å². The van der Waals surface area contributed by atoms with Crippen molar-refractivity contribution in [2.75, 3.05) is 19.8 Å². The van der Waals surface area contributed by atoms with Crippen molar-refractivity contribution in [3.05, 3.63) is 35.9 Å². The van der Waals surface area contributed by atoms with Crippen LogP contribution in [0.2, 0.25) is 0 Å². The van der Waals surface area contributed by atoms with Gasteiger partial charge >= 0.3 is 6.18 Å². The third-order valence-electron chi connectivity index (χ3n) is 3.52. The fourth-order valence-electron chi connectivity index (χ4n) is 2.29. The molecule has 1 atom stereocenters. The standard InChI is InChI=1S/C14H18F3NO2/c15-14(16,17)12(11-4-2-1-3-5-11)18-10-13(19)6-8-20-9-7-13/h1-5,12,18-19H,6-10H2. The summed E-state index contributed by atoms with van der Waals surface area (Å²) >= 11 is 0. The van der Waals surface area contributed by atoms with E-state index in [1.807, 2.05) is 0 Å². The van der Waals surface area contributed by atoms with Crippen molar-refractivity contribution in [1.82, 2.24) is 5.32 Å². The average Bonchev–Trinajstić information content (AvgIpc) is 2.39. The van der Waals surface area contributed by atoms with Gasteiger partial charge in [0, 0.05) is 32.6 Å². The second-order valence-corrected chi connectivity index (χ2v) is 5.10. The van der Waals surface area contributed by atoms with Crippen LogP contribution in [0.1, 0.15) is 24.4 Å². The van der Waals surface area contributed by atoms with Crippen LogP contribution in [-0.4, -0.2) is 36.6 Å². The Morgan fingerprint density at radius 3 is 2.35 bits per heavy atom. The van der Waals surface area contributed by atoms with Crippen LogP contribution in [0.4, 0.5) is 13.2 Å². The fourth-order valence-corrected chi connectivity index (χ4v) is 2.29. The van der Waals surface area contributed by atoms with Gasteiger partial charge in [-0.25, -0.2) is 0 Å². The number of ether oxygens (including phenoxy) is 1. The predicted octanol–water partition coefficient (Wildman–Crippen LogP) is 2.42. The Morgan fingerprint density at radius 1 is 1.20 bits per heavy atom. The highest BCUT2D eigenvalue weighted by Crippen LogP contribution is 2.33. The van der Waals surface area contributed by atoms with E-state index in [0.717, 1.165) is 0 Å². The Labute approximate surface area is 115 Å². The van der Waals surface area contributed by atoms with Gasteiger partial charge in [-0.2, -0.15) is 13.2 Å². The lowest BCUT2D eigenvalue weighted by Gasteiger charge is -2.34. The molecule has 1 aliphatic rings. The summed E-state index contributed by atoms with van der Waals surface area (Å²) in [5.74, 6) is 0. The monoisotopic (exact) mass is 289 g/mol. The summed E-state index contributed by atoms with van der Waals surface area (Å²) in [7, 11) is 0. The van der Waals surface area contributed by atoms with Crippen molar-refractivity contribution < 1.29 is 23.0 Å². The molecule has 0 amide bonds. The lowest BCUT2D eigenvalue weighted by molar-refractivity contribution is -0.162. The smallest absolute Gasteiger partial charge is 0.388 e. The van der Waals surface area contributed by atoms with Crippen molar-refractivity contribution in [3.8, 4) is 0 Å². The molecule has 0 aromatic heterocycles. The van der Waals surface area contributed by atoms with Gasteiger partial charge in [-0.15, -0.1) is 0 Å². The van der Waals surface area contributed by atoms with Gasteiger partial charge in [0.25, 0.3) is 0 Å². The molecule has 6 heteroatoms. The quantitative estimate of drug-likeness (QED) is 0.894. The number of hydrogen-bond acceptors (Lipinski definition) is 3. The highest BCUT2D eigenvalue weighted by molar-refractivity contribution is 5.20. The molecule has 112 valence electrons. The third-order valence-corrected chi connectivity index (χ3v) is 3.52. The molecule has 0 saturated carbocycles. The molecule has 1 saturated heterocycles. The van der Waals surface area contributed by atoms with Crippen molar-refractivity contribution in [3.63, 3.8) is 0 Å². The van der Waals surface area contributed by atoms with Crippen LogP contribution in [0.3, 0.4) is 0 Å². The normalized spacial score (nSPS) is 20.6. The van der Waals surface area contributed by atoms with E-state index in [0.29, 0.717) is 26.1 Å². The topological polar surface area (TPSA) is 41.5 Å². The second-order valence-electron chi connectivity index (χ2n) is 5.10. The zero-order valence-electron chi connectivity index (χ0n) is 11.0. The van der Waals surface area contributed by atoms with Crippen molar-refractivity contribution in [2.24, 2.45) is 0 Å². The average molecular weight is 289 g/mol. The molecular formula is C14H18F3NO2. The van der Waals surface area contributed by atoms with Gasteiger partial charge in [0.2, 0.25) is 0 Å². The summed E-state index contributed by atoms with van der Waals surface area (Å²) in [4.78, 5) is 0. The minimum Gasteiger partial charge on any atom is -0.388 e. The number of rotatable bonds is 4. The van der Waals surface area contributed by atoms with Gasteiger partial charge in [0.05, 0.1) is 5.60 Å². The summed E-state index contributed by atoms with van der Waals surface area (Å²) in [5.41, 5.74) is -0.980. The summed E-state index contributed by atoms with van der Waals surface area (Å²) in [6.07, 6.45) is -3.71. The molecule has 1 aromatic rings. The molecule has 1 aromatic carbocycles. The number of alkyl halides is 3. The number of benzene rings is 1. The Kier molecular flexibility index (Phi) is 4.67. The minimum atomic E-state index is -4.40. The molecular weight excluding hydrogens is 271 g/mol. The molecule has 0 aliphatic carbocycles. The number of nitrogens with one attached hydrogen (secondary N) is 1. The zero-order chi connectivity index (χ0) is 14.6. The van der Waals surface area contributed by atoms with E-state index >= 15 is 0 Å². The number of hydrogen-bond donors (Lipinski definition) is 2. The van der Waals surface area contributed by atoms with Crippen molar-refractivity contribution in [1.29, 1.82) is 0 Å². The molecule has 0 spiro atoms. The van der Waals surface area contributed by atoms with E-state index in [9.17, 15) is 18.3 Å². The third kappa shape index (κ3) is 3.94. The lowest BCUT2D eigenvalue weighted by atomic mass is 9.93. The molecule has 2 rings (SSSR count). The van der Waals surface area contributed by atoms with Crippen LogP contribution in [0, 0.1) is 0 Å². The highest BCUT2D eigenvalue weighted by atomic mass is 19.4. The minimum absolute atomic E-state index is 0.102. The lowest BCUT2D eigenvalue weighted by Crippen LogP contribution is -2.48. The summed E-state index contributed by atoms with van der Waals surface area (Å²) in [6.45, 7) is 0.649. The van der Waals surface area contributed by atoms with Crippen molar-refractivity contribution >= 4 is 0 Å². The van der Waals surface area contributed by atoms with Gasteiger partial charge in [-0.1, -0.05) is 30.3 Å². The zero-order valence-corrected chi connectivity index (χ0v) is 11.0. The molecule has 0 radical (unpaired) electrons. The van der Waals surface area contributed by atoms with Gasteiger partial charge in [0.15, 0.2) is 0 Å². The Balaban J connectivity index is 2.06. The SMILES string of the molecule is OC1(CNC(c2ccccc2)C(F)(F)F)CCOCC1. The maximum Gasteiger partial charge on any atom is 0.407 e. The predicted molar refractivity (Wildman–Crippen MR) is 68.2 cm³/mol. The van der Waals surface area contributed by atoms with Crippen molar-refractivity contribution in [2.45, 2.75) is 30.7 Å². The molecule has 3 nitrogen and oxygen atoms in total. The summed E-state index contributed by atoms with van der Waals surface area (Å²) in [5, 5.41) is 12.7. The maximum absolute atomic E-state index is 13.1. The first kappa shape index (κ1) is 15.3. The highest BCUT2D eigenvalue weighted by Gasteiger charge is 2.42. The van der Waals surface area contributed by atoms with Crippen LogP contribution < -0.4 is 5.32 Å². The maximum atomic E-state index is 13.1. The van der Waals surface area contributed by atoms with E-state index in [1.165, 1.54) is 12.1 Å². The molecule has 1 aliphatic heterocycles. The largest absolute Gasteiger partial charge is 0.407 e. The van der Waals surface area contributed by atoms with Crippen LogP contribution in [0.25, 0.3) is 0 Å². The molecule has 20 heavy (non-hydrogen) atoms. The van der Waals surface area contributed by atoms with E-state index in [2.05, 4.69) is 5.32 Å². The van der Waals surface area contributed by atoms with E-state index in [4.69, 9.17) is 4.74 Å². The summed E-state index contributed by atoms with van der Waals surface area (Å²) < 4.78 is 44.5. The molecule has 1 unspecified atom stereocenters. The van der Waals surface area contributed by atoms with Crippen LogP contribution in [-0.2, 0) is 4.74 Å². The van der Waals surface area contributed by atoms with Crippen LogP contribution >= 0.6 is 0 Å². The molecule has 1 heterocycles. The Bertz CT molecular complexity index is 416. The first-order valence-electron chi connectivity index (χ1n) is 6.56. The fraction of sp³-hybridized carbons (Fsp3) is 0.571. The van der Waals surface area contributed by atoms with Gasteiger partial charge in [-0.3, -0.25) is 5.32 Å². The molecule has 0 bridgehead atoms. The van der Waals surface area contributed by atoms with Gasteiger partial charge < -0.3 is 9.84 Å². The van der Waals surface area contributed by atoms with Gasteiger partial charge in [-0.05, 0) is 5.56 Å². The number of aliphatic hydroxyl groups is 1. The molecule has 2 N–H and O–H groups in total. The first-order valence-corrected chi connectivity index (χ1v) is 6.56. The van der Waals surface area contributed by atoms with E-state index < -0.39 is 17.8 Å². The van der Waals surface area contributed by atoms with Crippen LogP contribution in [0.15, 0.2) is 30.3 Å². The van der Waals surface area contributed by atoms with E-state index in [-0.39, 0.29) is 12.1 Å². The van der Waals surface area contributed by atoms with E-state index in [1.54, 1.807) is 18.2 Å². The number of halogens is 3. The Hall–Kier alpha value is -1.11. The van der Waals surface area contributed by atoms with Gasteiger partial charge in [0.1, 0.15) is 6.04 Å².